The maximum absolute atomic E-state index is 14.1. The number of hydrogen-bond acceptors (Lipinski definition) is 4. The van der Waals surface area contributed by atoms with Crippen LogP contribution in [-0.2, 0) is 17.5 Å². The molecule has 37 heavy (non-hydrogen) atoms. The predicted octanol–water partition coefficient (Wildman–Crippen LogP) is 4.19. The number of rotatable bonds is 4. The highest BCUT2D eigenvalue weighted by atomic mass is 35.5. The number of carbonyl (C=O) groups is 2. The standard InChI is InChI=1S/C23H18ClF5N6O2/c1-34(2)19(30)21-32-20(33-22(37)10-5-11(23(27,28)29)7-13(26)6-10)18-17(31-16(36)9-35(18)21)14-8-12(25)3-4-15(14)24/h3-8,17,30H,9H2,1-2H3,(H,31,36)(H,33,37). The van der Waals surface area contributed by atoms with Crippen molar-refractivity contribution in [1.82, 2.24) is 19.8 Å². The lowest BCUT2D eigenvalue weighted by Gasteiger charge is -2.28. The number of aromatic nitrogens is 2. The molecule has 1 aliphatic rings. The fourth-order valence-electron chi connectivity index (χ4n) is 3.83. The number of anilines is 1. The summed E-state index contributed by atoms with van der Waals surface area (Å²) in [5.74, 6) is -4.07. The summed E-state index contributed by atoms with van der Waals surface area (Å²) in [4.78, 5) is 31.1. The Morgan fingerprint density at radius 2 is 1.89 bits per heavy atom. The van der Waals surface area contributed by atoms with E-state index < -0.39 is 46.8 Å². The van der Waals surface area contributed by atoms with Crippen LogP contribution in [0.1, 0.15) is 39.0 Å². The molecule has 0 radical (unpaired) electrons. The van der Waals surface area contributed by atoms with E-state index in [-0.39, 0.29) is 46.4 Å². The van der Waals surface area contributed by atoms with E-state index in [4.69, 9.17) is 17.0 Å². The minimum atomic E-state index is -4.90. The zero-order chi connectivity index (χ0) is 27.2. The minimum absolute atomic E-state index is 0.0575. The largest absolute Gasteiger partial charge is 0.416 e. The molecular formula is C23H18ClF5N6O2. The molecule has 3 N–H and O–H groups in total. The topological polar surface area (TPSA) is 103 Å². The highest BCUT2D eigenvalue weighted by Crippen LogP contribution is 2.36. The van der Waals surface area contributed by atoms with Gasteiger partial charge in [-0.1, -0.05) is 11.6 Å². The lowest BCUT2D eigenvalue weighted by atomic mass is 10.0. The number of carbonyl (C=O) groups excluding carboxylic acids is 2. The normalized spacial score (nSPS) is 15.1. The Bertz CT molecular complexity index is 1440. The molecule has 0 fully saturated rings. The number of benzene rings is 2. The van der Waals surface area contributed by atoms with Crippen LogP contribution < -0.4 is 10.6 Å². The Labute approximate surface area is 211 Å². The van der Waals surface area contributed by atoms with Crippen LogP contribution in [0.2, 0.25) is 5.02 Å². The number of fused-ring (bicyclic) bond motifs is 1. The van der Waals surface area contributed by atoms with E-state index >= 15 is 0 Å². The van der Waals surface area contributed by atoms with Gasteiger partial charge in [0.05, 0.1) is 17.3 Å². The van der Waals surface area contributed by atoms with Crippen molar-refractivity contribution in [2.24, 2.45) is 0 Å². The van der Waals surface area contributed by atoms with E-state index in [9.17, 15) is 31.5 Å². The number of halogens is 6. The summed E-state index contributed by atoms with van der Waals surface area (Å²) in [7, 11) is 3.08. The summed E-state index contributed by atoms with van der Waals surface area (Å²) in [5.41, 5.74) is -1.80. The second kappa shape index (κ2) is 9.47. The summed E-state index contributed by atoms with van der Waals surface area (Å²) >= 11 is 6.26. The monoisotopic (exact) mass is 540 g/mol. The lowest BCUT2D eigenvalue weighted by Crippen LogP contribution is -2.41. The van der Waals surface area contributed by atoms with Crippen molar-refractivity contribution in [1.29, 1.82) is 5.41 Å². The van der Waals surface area contributed by atoms with Crippen LogP contribution in [0.25, 0.3) is 0 Å². The van der Waals surface area contributed by atoms with Crippen molar-refractivity contribution >= 4 is 35.1 Å². The Morgan fingerprint density at radius 3 is 2.54 bits per heavy atom. The first-order chi connectivity index (χ1) is 17.3. The molecule has 8 nitrogen and oxygen atoms in total. The number of imidazole rings is 1. The molecule has 2 aromatic carbocycles. The van der Waals surface area contributed by atoms with Crippen LogP contribution in [0.4, 0.5) is 27.8 Å². The number of alkyl halides is 3. The SMILES string of the molecule is CN(C)C(=N)c1nc(NC(=O)c2cc(F)cc(C(F)(F)F)c2)c2n1CC(=O)NC2c1cc(F)ccc1Cl. The first-order valence-corrected chi connectivity index (χ1v) is 10.9. The van der Waals surface area contributed by atoms with Gasteiger partial charge in [0.25, 0.3) is 5.91 Å². The number of amidine groups is 1. The predicted molar refractivity (Wildman–Crippen MR) is 123 cm³/mol. The van der Waals surface area contributed by atoms with Gasteiger partial charge in [-0.15, -0.1) is 0 Å². The summed E-state index contributed by atoms with van der Waals surface area (Å²) < 4.78 is 68.8. The third kappa shape index (κ3) is 5.12. The highest BCUT2D eigenvalue weighted by molar-refractivity contribution is 6.31. The maximum atomic E-state index is 14.1. The van der Waals surface area contributed by atoms with E-state index in [2.05, 4.69) is 15.6 Å². The minimum Gasteiger partial charge on any atom is -0.360 e. The first kappa shape index (κ1) is 26.1. The highest BCUT2D eigenvalue weighted by Gasteiger charge is 2.36. The summed E-state index contributed by atoms with van der Waals surface area (Å²) in [6.07, 6.45) is -4.90. The van der Waals surface area contributed by atoms with Crippen LogP contribution in [0, 0.1) is 17.0 Å². The fraction of sp³-hybridized carbons (Fsp3) is 0.217. The van der Waals surface area contributed by atoms with Gasteiger partial charge in [0.1, 0.15) is 18.2 Å². The molecule has 0 saturated carbocycles. The molecule has 1 aliphatic heterocycles. The van der Waals surface area contributed by atoms with Crippen LogP contribution in [0.5, 0.6) is 0 Å². The van der Waals surface area contributed by atoms with E-state index in [0.717, 1.165) is 12.1 Å². The van der Waals surface area contributed by atoms with Crippen molar-refractivity contribution in [3.8, 4) is 0 Å². The van der Waals surface area contributed by atoms with Gasteiger partial charge in [0.2, 0.25) is 5.91 Å². The second-order valence-corrected chi connectivity index (χ2v) is 8.75. The Kier molecular flexibility index (Phi) is 6.67. The quantitative estimate of drug-likeness (QED) is 0.262. The lowest BCUT2D eigenvalue weighted by molar-refractivity contribution is -0.137. The van der Waals surface area contributed by atoms with Crippen molar-refractivity contribution in [3.05, 3.63) is 81.3 Å². The van der Waals surface area contributed by atoms with E-state index in [1.807, 2.05) is 0 Å². The molecule has 1 unspecified atom stereocenters. The van der Waals surface area contributed by atoms with Gasteiger partial charge in [-0.2, -0.15) is 13.2 Å². The number of nitrogens with one attached hydrogen (secondary N) is 3. The van der Waals surface area contributed by atoms with Gasteiger partial charge in [-0.05, 0) is 36.4 Å². The molecule has 1 atom stereocenters. The van der Waals surface area contributed by atoms with Gasteiger partial charge in [0.15, 0.2) is 17.5 Å². The summed E-state index contributed by atoms with van der Waals surface area (Å²) in [6, 6.07) is 3.65. The third-order valence-electron chi connectivity index (χ3n) is 5.53. The molecule has 14 heteroatoms. The smallest absolute Gasteiger partial charge is 0.360 e. The van der Waals surface area contributed by atoms with Gasteiger partial charge < -0.3 is 20.1 Å². The number of amides is 2. The Hall–Kier alpha value is -4.00. The summed E-state index contributed by atoms with van der Waals surface area (Å²) in [5, 5.41) is 13.4. The van der Waals surface area contributed by atoms with Gasteiger partial charge in [0, 0.05) is 30.2 Å². The Morgan fingerprint density at radius 1 is 1.19 bits per heavy atom. The first-order valence-electron chi connectivity index (χ1n) is 10.6. The van der Waals surface area contributed by atoms with E-state index in [0.29, 0.717) is 12.1 Å². The molecule has 2 amide bonds. The second-order valence-electron chi connectivity index (χ2n) is 8.35. The van der Waals surface area contributed by atoms with Gasteiger partial charge >= 0.3 is 6.18 Å². The molecule has 2 heterocycles. The van der Waals surface area contributed by atoms with Crippen molar-refractivity contribution in [2.75, 3.05) is 19.4 Å². The maximum Gasteiger partial charge on any atom is 0.416 e. The fourth-order valence-corrected chi connectivity index (χ4v) is 4.06. The molecule has 3 aromatic rings. The van der Waals surface area contributed by atoms with Gasteiger partial charge in [-0.3, -0.25) is 15.0 Å². The van der Waals surface area contributed by atoms with Crippen LogP contribution >= 0.6 is 11.6 Å². The number of hydrogen-bond donors (Lipinski definition) is 3. The molecule has 4 rings (SSSR count). The van der Waals surface area contributed by atoms with Crippen LogP contribution in [0.3, 0.4) is 0 Å². The zero-order valence-electron chi connectivity index (χ0n) is 19.2. The zero-order valence-corrected chi connectivity index (χ0v) is 19.9. The molecular weight excluding hydrogens is 523 g/mol. The van der Waals surface area contributed by atoms with E-state index in [1.54, 1.807) is 0 Å². The molecule has 0 bridgehead atoms. The molecule has 0 saturated heterocycles. The third-order valence-corrected chi connectivity index (χ3v) is 5.88. The van der Waals surface area contributed by atoms with Crippen molar-refractivity contribution in [2.45, 2.75) is 18.8 Å². The molecule has 0 spiro atoms. The number of nitrogens with zero attached hydrogens (tertiary/aromatic N) is 3. The molecule has 0 aliphatic carbocycles. The van der Waals surface area contributed by atoms with E-state index in [1.165, 1.54) is 29.6 Å². The van der Waals surface area contributed by atoms with Crippen molar-refractivity contribution < 1.29 is 31.5 Å². The average Bonchev–Trinajstić information content (AvgIpc) is 3.16. The van der Waals surface area contributed by atoms with Crippen LogP contribution in [-0.4, -0.2) is 46.2 Å². The van der Waals surface area contributed by atoms with Crippen molar-refractivity contribution in [3.63, 3.8) is 0 Å². The molecule has 1 aromatic heterocycles. The summed E-state index contributed by atoms with van der Waals surface area (Å²) in [6.45, 7) is -0.328. The Balaban J connectivity index is 1.86. The van der Waals surface area contributed by atoms with Crippen LogP contribution in [0.15, 0.2) is 36.4 Å². The average molecular weight is 541 g/mol. The molecule has 194 valence electrons. The van der Waals surface area contributed by atoms with Gasteiger partial charge in [-0.25, -0.2) is 13.8 Å².